The van der Waals surface area contributed by atoms with Gasteiger partial charge in [-0.05, 0) is 19.1 Å². The van der Waals surface area contributed by atoms with Crippen LogP contribution in [0.2, 0.25) is 0 Å². The van der Waals surface area contributed by atoms with Gasteiger partial charge in [-0.3, -0.25) is 9.59 Å². The molecule has 0 aliphatic carbocycles. The van der Waals surface area contributed by atoms with Crippen LogP contribution >= 0.6 is 11.3 Å². The van der Waals surface area contributed by atoms with Gasteiger partial charge in [0.2, 0.25) is 10.9 Å². The summed E-state index contributed by atoms with van der Waals surface area (Å²) in [6, 6.07) is 5.31. The summed E-state index contributed by atoms with van der Waals surface area (Å²) in [5, 5.41) is 16.0. The van der Waals surface area contributed by atoms with Gasteiger partial charge in [0, 0.05) is 19.9 Å². The quantitative estimate of drug-likeness (QED) is 0.743. The number of benzene rings is 1. The first-order chi connectivity index (χ1) is 12.5. The number of amides is 2. The fourth-order valence-corrected chi connectivity index (χ4v) is 3.57. The molecule has 0 radical (unpaired) electrons. The number of para-hydroxylation sites is 1. The Bertz CT molecular complexity index is 1010. The van der Waals surface area contributed by atoms with Crippen molar-refractivity contribution in [2.75, 3.05) is 23.9 Å². The van der Waals surface area contributed by atoms with Crippen LogP contribution in [0.3, 0.4) is 0 Å². The number of fused-ring (bicyclic) bond motifs is 2. The van der Waals surface area contributed by atoms with E-state index in [1.807, 2.05) is 6.92 Å². The fraction of sp³-hybridized carbons (Fsp3) is 0.312. The van der Waals surface area contributed by atoms with E-state index in [-0.39, 0.29) is 24.8 Å². The number of carbonyl (C=O) groups is 2. The summed E-state index contributed by atoms with van der Waals surface area (Å²) in [6.07, 6.45) is 0.787. The Labute approximate surface area is 152 Å². The van der Waals surface area contributed by atoms with Gasteiger partial charge in [0.25, 0.3) is 5.91 Å². The minimum atomic E-state index is -0.149. The zero-order valence-electron chi connectivity index (χ0n) is 14.2. The van der Waals surface area contributed by atoms with Gasteiger partial charge in [-0.25, -0.2) is 0 Å². The Morgan fingerprint density at radius 3 is 3.04 bits per heavy atom. The third kappa shape index (κ3) is 2.88. The Kier molecular flexibility index (Phi) is 4.03. The topological polar surface area (TPSA) is 102 Å². The van der Waals surface area contributed by atoms with Crippen molar-refractivity contribution in [3.63, 3.8) is 0 Å². The largest absolute Gasteiger partial charge is 0.479 e. The maximum atomic E-state index is 12.3. The van der Waals surface area contributed by atoms with Gasteiger partial charge in [0.15, 0.2) is 18.2 Å². The third-order valence-corrected chi connectivity index (χ3v) is 5.06. The number of hydrogen-bond donors (Lipinski definition) is 1. The van der Waals surface area contributed by atoms with Crippen LogP contribution in [0, 0.1) is 6.92 Å². The molecule has 2 amide bonds. The molecule has 0 bridgehead atoms. The van der Waals surface area contributed by atoms with Crippen molar-refractivity contribution in [3.8, 4) is 5.75 Å². The molecule has 0 unspecified atom stereocenters. The highest BCUT2D eigenvalue weighted by Crippen LogP contribution is 2.38. The number of nitrogens with zero attached hydrogens (tertiary/aromatic N) is 5. The molecule has 0 saturated carbocycles. The average molecular weight is 372 g/mol. The van der Waals surface area contributed by atoms with Crippen molar-refractivity contribution >= 4 is 39.5 Å². The number of aromatic nitrogens is 4. The summed E-state index contributed by atoms with van der Waals surface area (Å²) in [6.45, 7) is 1.79. The van der Waals surface area contributed by atoms with Crippen molar-refractivity contribution < 1.29 is 14.3 Å². The van der Waals surface area contributed by atoms with E-state index in [4.69, 9.17) is 4.74 Å². The van der Waals surface area contributed by atoms with Gasteiger partial charge < -0.3 is 15.0 Å². The minimum Gasteiger partial charge on any atom is -0.479 e. The highest BCUT2D eigenvalue weighted by atomic mass is 32.1. The van der Waals surface area contributed by atoms with Crippen LogP contribution in [0.1, 0.15) is 17.3 Å². The number of aryl methyl sites for hydroxylation is 2. The van der Waals surface area contributed by atoms with Gasteiger partial charge in [-0.1, -0.05) is 17.4 Å². The van der Waals surface area contributed by atoms with E-state index in [0.29, 0.717) is 23.5 Å². The predicted molar refractivity (Wildman–Crippen MR) is 95.7 cm³/mol. The van der Waals surface area contributed by atoms with Crippen LogP contribution in [0.25, 0.3) is 4.96 Å². The highest BCUT2D eigenvalue weighted by molar-refractivity contribution is 7.16. The fourth-order valence-electron chi connectivity index (χ4n) is 2.69. The number of likely N-dealkylation sites (N-methyl/N-ethyl adjacent to an activating group) is 1. The van der Waals surface area contributed by atoms with Crippen molar-refractivity contribution in [2.24, 2.45) is 0 Å². The summed E-state index contributed by atoms with van der Waals surface area (Å²) in [7, 11) is 1.69. The van der Waals surface area contributed by atoms with E-state index >= 15 is 0 Å². The van der Waals surface area contributed by atoms with Gasteiger partial charge >= 0.3 is 0 Å². The van der Waals surface area contributed by atoms with Crippen LogP contribution in [-0.2, 0) is 16.0 Å². The van der Waals surface area contributed by atoms with Gasteiger partial charge in [0.1, 0.15) is 5.01 Å². The summed E-state index contributed by atoms with van der Waals surface area (Å²) in [5.41, 5.74) is 1.20. The minimum absolute atomic E-state index is 0.0390. The number of anilines is 2. The lowest BCUT2D eigenvalue weighted by molar-refractivity contribution is -0.121. The van der Waals surface area contributed by atoms with Gasteiger partial charge in [0.05, 0.1) is 11.4 Å². The Morgan fingerprint density at radius 2 is 2.23 bits per heavy atom. The molecule has 3 aromatic rings. The first-order valence-corrected chi connectivity index (χ1v) is 8.84. The molecule has 1 aliphatic rings. The van der Waals surface area contributed by atoms with E-state index in [1.165, 1.54) is 16.2 Å². The molecule has 0 fully saturated rings. The predicted octanol–water partition coefficient (Wildman–Crippen LogP) is 1.42. The van der Waals surface area contributed by atoms with E-state index in [9.17, 15) is 9.59 Å². The lowest BCUT2D eigenvalue weighted by Crippen LogP contribution is -2.35. The lowest BCUT2D eigenvalue weighted by Gasteiger charge is -2.27. The molecular formula is C16H16N6O3S. The molecular weight excluding hydrogens is 356 g/mol. The Hall–Kier alpha value is -3.01. The molecule has 3 heterocycles. The van der Waals surface area contributed by atoms with Crippen LogP contribution in [-0.4, -0.2) is 45.3 Å². The molecule has 2 aromatic heterocycles. The summed E-state index contributed by atoms with van der Waals surface area (Å²) in [5.74, 6) is 0.958. The molecule has 10 heteroatoms. The summed E-state index contributed by atoms with van der Waals surface area (Å²) < 4.78 is 7.18. The van der Waals surface area contributed by atoms with Crippen LogP contribution in [0.4, 0.5) is 11.4 Å². The van der Waals surface area contributed by atoms with Crippen molar-refractivity contribution in [1.29, 1.82) is 0 Å². The number of hydrogen-bond acceptors (Lipinski definition) is 7. The normalized spacial score (nSPS) is 13.6. The van der Waals surface area contributed by atoms with Crippen molar-refractivity contribution in [2.45, 2.75) is 19.8 Å². The van der Waals surface area contributed by atoms with E-state index in [2.05, 4.69) is 20.6 Å². The monoisotopic (exact) mass is 372 g/mol. The van der Waals surface area contributed by atoms with Crippen molar-refractivity contribution in [1.82, 2.24) is 19.8 Å². The number of rotatable bonds is 4. The molecule has 26 heavy (non-hydrogen) atoms. The average Bonchev–Trinajstić information content (AvgIpc) is 3.19. The molecule has 0 spiro atoms. The Morgan fingerprint density at radius 1 is 1.38 bits per heavy atom. The van der Waals surface area contributed by atoms with E-state index in [0.717, 1.165) is 15.8 Å². The van der Waals surface area contributed by atoms with Crippen molar-refractivity contribution in [3.05, 3.63) is 29.0 Å². The molecule has 1 aliphatic heterocycles. The number of ether oxygens (including phenoxy) is 1. The Balaban J connectivity index is 1.44. The molecule has 9 nitrogen and oxygen atoms in total. The maximum absolute atomic E-state index is 12.3. The first kappa shape index (κ1) is 16.5. The smallest absolute Gasteiger partial charge is 0.264 e. The maximum Gasteiger partial charge on any atom is 0.264 e. The third-order valence-electron chi connectivity index (χ3n) is 4.10. The SMILES string of the molecule is Cc1nnc2sc(CCC(=O)Nc3cccc4c3OCC(=O)N4C)nn12. The molecule has 134 valence electrons. The molecule has 4 rings (SSSR count). The van der Waals surface area contributed by atoms with Gasteiger partial charge in [-0.2, -0.15) is 9.61 Å². The van der Waals surface area contributed by atoms with E-state index in [1.54, 1.807) is 29.8 Å². The van der Waals surface area contributed by atoms with Crippen LogP contribution in [0.5, 0.6) is 5.75 Å². The number of nitrogens with one attached hydrogen (secondary N) is 1. The molecule has 0 saturated heterocycles. The highest BCUT2D eigenvalue weighted by Gasteiger charge is 2.25. The zero-order chi connectivity index (χ0) is 18.3. The second-order valence-electron chi connectivity index (χ2n) is 5.88. The van der Waals surface area contributed by atoms with Crippen LogP contribution < -0.4 is 15.0 Å². The van der Waals surface area contributed by atoms with E-state index < -0.39 is 0 Å². The summed E-state index contributed by atoms with van der Waals surface area (Å²) >= 11 is 1.42. The van der Waals surface area contributed by atoms with Gasteiger partial charge in [-0.15, -0.1) is 10.2 Å². The first-order valence-electron chi connectivity index (χ1n) is 8.03. The lowest BCUT2D eigenvalue weighted by atomic mass is 10.2. The second kappa shape index (κ2) is 6.37. The second-order valence-corrected chi connectivity index (χ2v) is 6.92. The standard InChI is InChI=1S/C16H16N6O3S/c1-9-18-19-16-22(9)20-13(26-16)7-6-12(23)17-10-4-3-5-11-15(10)25-8-14(24)21(11)2/h3-5H,6-8H2,1-2H3,(H,17,23). The molecule has 0 atom stereocenters. The molecule has 1 N–H and O–H groups in total. The van der Waals surface area contributed by atoms with Crippen LogP contribution in [0.15, 0.2) is 18.2 Å². The summed E-state index contributed by atoms with van der Waals surface area (Å²) in [4.78, 5) is 26.3. The zero-order valence-corrected chi connectivity index (χ0v) is 15.0. The number of carbonyl (C=O) groups excluding carboxylic acids is 2. The molecule has 1 aromatic carbocycles.